The van der Waals surface area contributed by atoms with Crippen LogP contribution in [-0.4, -0.2) is 20.9 Å². The van der Waals surface area contributed by atoms with Gasteiger partial charge in [-0.2, -0.15) is 0 Å². The lowest BCUT2D eigenvalue weighted by Crippen LogP contribution is -2.38. The Morgan fingerprint density at radius 3 is 2.19 bits per heavy atom. The Morgan fingerprint density at radius 2 is 1.54 bits per heavy atom. The van der Waals surface area contributed by atoms with E-state index in [1.165, 1.54) is 29.2 Å². The quantitative estimate of drug-likeness (QED) is 0.226. The van der Waals surface area contributed by atoms with Crippen molar-refractivity contribution >= 4 is 50.7 Å². The maximum Gasteiger partial charge on any atom is 0.264 e. The molecule has 0 heterocycles. The van der Waals surface area contributed by atoms with Crippen molar-refractivity contribution in [1.82, 2.24) is 0 Å². The summed E-state index contributed by atoms with van der Waals surface area (Å²) in [5.74, 6) is 0.361. The van der Waals surface area contributed by atoms with Gasteiger partial charge in [-0.05, 0) is 91.2 Å². The summed E-state index contributed by atoms with van der Waals surface area (Å²) in [7, 11) is -4.02. The third-order valence-corrected chi connectivity index (χ3v) is 8.98. The minimum atomic E-state index is -4.02. The van der Waals surface area contributed by atoms with Gasteiger partial charge in [-0.1, -0.05) is 48.0 Å². The molecule has 4 aromatic rings. The maximum absolute atomic E-state index is 13.6. The van der Waals surface area contributed by atoms with Crippen LogP contribution in [0.2, 0.25) is 5.02 Å². The van der Waals surface area contributed by atoms with Gasteiger partial charge in [-0.3, -0.25) is 9.10 Å². The van der Waals surface area contributed by atoms with Crippen LogP contribution < -0.4 is 9.62 Å². The van der Waals surface area contributed by atoms with E-state index < -0.39 is 15.9 Å². The van der Waals surface area contributed by atoms with E-state index in [1.807, 2.05) is 62.4 Å². The molecule has 1 N–H and O–H groups in total. The number of hydrogen-bond acceptors (Lipinski definition) is 4. The van der Waals surface area contributed by atoms with Gasteiger partial charge in [0, 0.05) is 21.4 Å². The van der Waals surface area contributed by atoms with Crippen LogP contribution >= 0.6 is 23.4 Å². The Bertz CT molecular complexity index is 1470. The van der Waals surface area contributed by atoms with Crippen molar-refractivity contribution in [3.63, 3.8) is 0 Å². The number of carbonyl (C=O) groups is 1. The number of carbonyl (C=O) groups excluding carboxylic acids is 1. The van der Waals surface area contributed by atoms with Crippen molar-refractivity contribution in [2.24, 2.45) is 0 Å². The number of nitrogens with one attached hydrogen (secondary N) is 1. The number of thioether (sulfide) groups is 1. The van der Waals surface area contributed by atoms with Gasteiger partial charge in [0.25, 0.3) is 10.0 Å². The van der Waals surface area contributed by atoms with Gasteiger partial charge in [0.2, 0.25) is 5.91 Å². The van der Waals surface area contributed by atoms with Crippen molar-refractivity contribution in [2.45, 2.75) is 29.4 Å². The monoisotopic (exact) mass is 550 g/mol. The van der Waals surface area contributed by atoms with Gasteiger partial charge in [0.1, 0.15) is 6.54 Å². The van der Waals surface area contributed by atoms with Crippen LogP contribution in [0, 0.1) is 13.8 Å². The van der Waals surface area contributed by atoms with E-state index in [0.717, 1.165) is 26.7 Å². The molecule has 37 heavy (non-hydrogen) atoms. The Labute approximate surface area is 227 Å². The van der Waals surface area contributed by atoms with Gasteiger partial charge in [-0.15, -0.1) is 11.8 Å². The Hall–Kier alpha value is -3.26. The molecule has 0 aromatic heterocycles. The van der Waals surface area contributed by atoms with Crippen molar-refractivity contribution in [3.05, 3.63) is 119 Å². The van der Waals surface area contributed by atoms with E-state index in [9.17, 15) is 13.2 Å². The fourth-order valence-electron chi connectivity index (χ4n) is 3.63. The zero-order valence-electron chi connectivity index (χ0n) is 20.5. The van der Waals surface area contributed by atoms with E-state index in [2.05, 4.69) is 17.4 Å². The molecule has 0 bridgehead atoms. The number of hydrogen-bond donors (Lipinski definition) is 1. The number of aryl methyl sites for hydroxylation is 2. The van der Waals surface area contributed by atoms with Crippen molar-refractivity contribution in [2.75, 3.05) is 16.2 Å². The molecule has 0 saturated heterocycles. The summed E-state index contributed by atoms with van der Waals surface area (Å²) in [4.78, 5) is 14.3. The molecule has 0 aliphatic carbocycles. The zero-order valence-corrected chi connectivity index (χ0v) is 22.9. The van der Waals surface area contributed by atoms with Gasteiger partial charge >= 0.3 is 0 Å². The highest BCUT2D eigenvalue weighted by Gasteiger charge is 2.27. The lowest BCUT2D eigenvalue weighted by Gasteiger charge is -2.25. The maximum atomic E-state index is 13.6. The number of amides is 1. The van der Waals surface area contributed by atoms with Crippen LogP contribution in [0.1, 0.15) is 16.7 Å². The summed E-state index contributed by atoms with van der Waals surface area (Å²) >= 11 is 7.69. The van der Waals surface area contributed by atoms with E-state index in [0.29, 0.717) is 16.4 Å². The van der Waals surface area contributed by atoms with E-state index >= 15 is 0 Å². The molecular formula is C29H27ClN2O3S2. The first-order chi connectivity index (χ1) is 17.7. The lowest BCUT2D eigenvalue weighted by molar-refractivity contribution is -0.114. The molecule has 0 saturated carbocycles. The average molecular weight is 551 g/mol. The molecule has 5 nitrogen and oxygen atoms in total. The van der Waals surface area contributed by atoms with E-state index in [4.69, 9.17) is 11.6 Å². The number of halogens is 1. The normalized spacial score (nSPS) is 11.2. The summed E-state index contributed by atoms with van der Waals surface area (Å²) in [6.07, 6.45) is 0. The van der Waals surface area contributed by atoms with Crippen LogP contribution in [0.25, 0.3) is 0 Å². The highest BCUT2D eigenvalue weighted by Crippen LogP contribution is 2.27. The molecule has 0 unspecified atom stereocenters. The molecule has 8 heteroatoms. The Balaban J connectivity index is 1.50. The first-order valence-corrected chi connectivity index (χ1v) is 14.4. The molecule has 0 fully saturated rings. The van der Waals surface area contributed by atoms with Crippen LogP contribution in [0.3, 0.4) is 0 Å². The van der Waals surface area contributed by atoms with Crippen molar-refractivity contribution < 1.29 is 13.2 Å². The number of nitrogens with zero attached hydrogens (tertiary/aromatic N) is 1. The minimum absolute atomic E-state index is 0.0585. The largest absolute Gasteiger partial charge is 0.325 e. The fourth-order valence-corrected chi connectivity index (χ4v) is 6.04. The summed E-state index contributed by atoms with van der Waals surface area (Å²) in [5, 5.41) is 3.26. The molecule has 4 rings (SSSR count). The average Bonchev–Trinajstić information content (AvgIpc) is 2.89. The molecule has 0 aliphatic rings. The fraction of sp³-hybridized carbons (Fsp3) is 0.138. The molecule has 0 spiro atoms. The standard InChI is InChI=1S/C29H27ClN2O3S2/c1-21-8-15-26(18-22(21)2)32(37(34,35)28-16-11-24(30)12-17-28)19-29(33)31-25-13-9-23(10-14-25)20-36-27-6-4-3-5-7-27/h3-18H,19-20H2,1-2H3,(H,31,33). The van der Waals surface area contributed by atoms with Gasteiger partial charge in [-0.25, -0.2) is 8.42 Å². The van der Waals surface area contributed by atoms with Crippen LogP contribution in [0.4, 0.5) is 11.4 Å². The van der Waals surface area contributed by atoms with E-state index in [1.54, 1.807) is 23.9 Å². The third-order valence-electron chi connectivity index (χ3n) is 5.85. The van der Waals surface area contributed by atoms with Gasteiger partial charge < -0.3 is 5.32 Å². The predicted molar refractivity (Wildman–Crippen MR) is 153 cm³/mol. The second-order valence-electron chi connectivity index (χ2n) is 8.58. The zero-order chi connectivity index (χ0) is 26.4. The smallest absolute Gasteiger partial charge is 0.264 e. The number of anilines is 2. The number of sulfonamides is 1. The summed E-state index contributed by atoms with van der Waals surface area (Å²) in [6.45, 7) is 3.48. The Kier molecular flexibility index (Phi) is 8.59. The molecular weight excluding hydrogens is 524 g/mol. The molecule has 0 atom stereocenters. The first-order valence-electron chi connectivity index (χ1n) is 11.6. The lowest BCUT2D eigenvalue weighted by atomic mass is 10.1. The second kappa shape index (κ2) is 11.9. The van der Waals surface area contributed by atoms with Crippen LogP contribution in [-0.2, 0) is 20.6 Å². The van der Waals surface area contributed by atoms with Crippen molar-refractivity contribution in [1.29, 1.82) is 0 Å². The number of benzene rings is 4. The third kappa shape index (κ3) is 6.95. The number of rotatable bonds is 9. The molecule has 0 radical (unpaired) electrons. The van der Waals surface area contributed by atoms with Crippen molar-refractivity contribution in [3.8, 4) is 0 Å². The second-order valence-corrected chi connectivity index (χ2v) is 11.9. The van der Waals surface area contributed by atoms with Gasteiger partial charge in [0.15, 0.2) is 0 Å². The molecule has 190 valence electrons. The first kappa shape index (κ1) is 26.8. The molecule has 0 aliphatic heterocycles. The summed E-state index contributed by atoms with van der Waals surface area (Å²) < 4.78 is 28.3. The van der Waals surface area contributed by atoms with Crippen LogP contribution in [0.5, 0.6) is 0 Å². The summed E-state index contributed by atoms with van der Waals surface area (Å²) in [5.41, 5.74) is 4.10. The highest BCUT2D eigenvalue weighted by molar-refractivity contribution is 7.98. The van der Waals surface area contributed by atoms with Gasteiger partial charge in [0.05, 0.1) is 10.6 Å². The van der Waals surface area contributed by atoms with Crippen LogP contribution in [0.15, 0.2) is 107 Å². The SMILES string of the molecule is Cc1ccc(N(CC(=O)Nc2ccc(CSc3ccccc3)cc2)S(=O)(=O)c2ccc(Cl)cc2)cc1C. The molecule has 1 amide bonds. The summed E-state index contributed by atoms with van der Waals surface area (Å²) in [6, 6.07) is 29.0. The minimum Gasteiger partial charge on any atom is -0.325 e. The topological polar surface area (TPSA) is 66.5 Å². The van der Waals surface area contributed by atoms with E-state index in [-0.39, 0.29) is 11.4 Å². The molecule has 4 aromatic carbocycles. The Morgan fingerprint density at radius 1 is 0.865 bits per heavy atom. The predicted octanol–water partition coefficient (Wildman–Crippen LogP) is 7.08. The highest BCUT2D eigenvalue weighted by atomic mass is 35.5.